The standard InChI is InChI=1S/C12H8ClFO4S2/c1-7(15)18-10-3-2-8(6-9(10)14)11-4-5-12(19-11)20(13,16)17/h2-6H,1H3. The molecule has 0 amide bonds. The van der Waals surface area contributed by atoms with Crippen molar-refractivity contribution in [2.75, 3.05) is 0 Å². The molecule has 0 saturated heterocycles. The molecule has 8 heteroatoms. The number of ether oxygens (including phenoxy) is 1. The van der Waals surface area contributed by atoms with Crippen molar-refractivity contribution in [1.29, 1.82) is 0 Å². The Labute approximate surface area is 123 Å². The zero-order valence-corrected chi connectivity index (χ0v) is 12.5. The fourth-order valence-electron chi connectivity index (χ4n) is 1.50. The highest BCUT2D eigenvalue weighted by molar-refractivity contribution is 8.15. The monoisotopic (exact) mass is 334 g/mol. The highest BCUT2D eigenvalue weighted by Crippen LogP contribution is 2.34. The van der Waals surface area contributed by atoms with Crippen molar-refractivity contribution >= 4 is 37.0 Å². The minimum absolute atomic E-state index is 0.0152. The molecule has 0 aliphatic carbocycles. The average molecular weight is 335 g/mol. The fraction of sp³-hybridized carbons (Fsp3) is 0.0833. The molecule has 2 rings (SSSR count). The van der Waals surface area contributed by atoms with Crippen LogP contribution in [0.25, 0.3) is 10.4 Å². The van der Waals surface area contributed by atoms with Gasteiger partial charge in [-0.2, -0.15) is 0 Å². The van der Waals surface area contributed by atoms with Crippen LogP contribution in [0.4, 0.5) is 4.39 Å². The van der Waals surface area contributed by atoms with Gasteiger partial charge in [0.25, 0.3) is 9.05 Å². The topological polar surface area (TPSA) is 60.4 Å². The molecule has 0 aliphatic rings. The summed E-state index contributed by atoms with van der Waals surface area (Å²) in [6, 6.07) is 6.87. The molecule has 1 heterocycles. The molecule has 0 N–H and O–H groups in total. The molecular formula is C12H8ClFO4S2. The molecular weight excluding hydrogens is 327 g/mol. The lowest BCUT2D eigenvalue weighted by Crippen LogP contribution is -2.02. The van der Waals surface area contributed by atoms with Crippen molar-refractivity contribution in [3.8, 4) is 16.2 Å². The van der Waals surface area contributed by atoms with Crippen molar-refractivity contribution in [1.82, 2.24) is 0 Å². The quantitative estimate of drug-likeness (QED) is 0.490. The second-order valence-electron chi connectivity index (χ2n) is 3.80. The summed E-state index contributed by atoms with van der Waals surface area (Å²) < 4.78 is 40.7. The van der Waals surface area contributed by atoms with Crippen LogP contribution in [0.1, 0.15) is 6.92 Å². The van der Waals surface area contributed by atoms with E-state index in [0.29, 0.717) is 10.4 Å². The minimum atomic E-state index is -3.80. The maximum Gasteiger partial charge on any atom is 0.308 e. The first-order chi connectivity index (χ1) is 9.27. The highest BCUT2D eigenvalue weighted by atomic mass is 35.7. The number of carbonyl (C=O) groups excluding carboxylic acids is 1. The van der Waals surface area contributed by atoms with Crippen molar-refractivity contribution < 1.29 is 22.3 Å². The first-order valence-corrected chi connectivity index (χ1v) is 8.43. The van der Waals surface area contributed by atoms with Crippen molar-refractivity contribution in [3.63, 3.8) is 0 Å². The van der Waals surface area contributed by atoms with E-state index in [9.17, 15) is 17.6 Å². The molecule has 1 aromatic heterocycles. The molecule has 0 saturated carbocycles. The van der Waals surface area contributed by atoms with Gasteiger partial charge in [0.1, 0.15) is 4.21 Å². The normalized spacial score (nSPS) is 11.3. The Morgan fingerprint density at radius 1 is 1.30 bits per heavy atom. The summed E-state index contributed by atoms with van der Waals surface area (Å²) in [7, 11) is 1.43. The number of halogens is 2. The third-order valence-corrected chi connectivity index (χ3v) is 5.52. The smallest absolute Gasteiger partial charge is 0.308 e. The van der Waals surface area contributed by atoms with E-state index >= 15 is 0 Å². The molecule has 106 valence electrons. The number of hydrogen-bond donors (Lipinski definition) is 0. The van der Waals surface area contributed by atoms with Gasteiger partial charge < -0.3 is 4.74 Å². The predicted octanol–water partition coefficient (Wildman–Crippen LogP) is 3.41. The zero-order valence-electron chi connectivity index (χ0n) is 10.1. The molecule has 0 radical (unpaired) electrons. The molecule has 0 atom stereocenters. The summed E-state index contributed by atoms with van der Waals surface area (Å²) in [5.74, 6) is -1.51. The molecule has 0 spiro atoms. The van der Waals surface area contributed by atoms with E-state index in [1.54, 1.807) is 0 Å². The van der Waals surface area contributed by atoms with Crippen molar-refractivity contribution in [2.45, 2.75) is 11.1 Å². The molecule has 0 unspecified atom stereocenters. The summed E-state index contributed by atoms with van der Waals surface area (Å²) in [6.45, 7) is 1.17. The summed E-state index contributed by atoms with van der Waals surface area (Å²) in [4.78, 5) is 11.3. The van der Waals surface area contributed by atoms with Crippen LogP contribution >= 0.6 is 22.0 Å². The summed E-state index contributed by atoms with van der Waals surface area (Å²) in [5, 5.41) is 0. The van der Waals surface area contributed by atoms with Crippen LogP contribution in [0, 0.1) is 5.82 Å². The Morgan fingerprint density at radius 2 is 2.00 bits per heavy atom. The van der Waals surface area contributed by atoms with E-state index in [-0.39, 0.29) is 9.96 Å². The zero-order chi connectivity index (χ0) is 14.9. The van der Waals surface area contributed by atoms with E-state index in [0.717, 1.165) is 17.4 Å². The van der Waals surface area contributed by atoms with Crippen LogP contribution in [0.5, 0.6) is 5.75 Å². The van der Waals surface area contributed by atoms with Gasteiger partial charge in [-0.3, -0.25) is 4.79 Å². The predicted molar refractivity (Wildman–Crippen MR) is 74.1 cm³/mol. The van der Waals surface area contributed by atoms with Gasteiger partial charge in [-0.25, -0.2) is 12.8 Å². The number of esters is 1. The summed E-state index contributed by atoms with van der Waals surface area (Å²) >= 11 is 0.927. The maximum absolute atomic E-state index is 13.7. The van der Waals surface area contributed by atoms with Crippen LogP contribution < -0.4 is 4.74 Å². The Balaban J connectivity index is 2.37. The van der Waals surface area contributed by atoms with E-state index in [2.05, 4.69) is 4.74 Å². The lowest BCUT2D eigenvalue weighted by Gasteiger charge is -2.04. The average Bonchev–Trinajstić information content (AvgIpc) is 2.80. The van der Waals surface area contributed by atoms with E-state index in [1.165, 1.54) is 31.2 Å². The second kappa shape index (κ2) is 5.51. The largest absolute Gasteiger partial charge is 0.424 e. The fourth-order valence-corrected chi connectivity index (χ4v) is 3.57. The molecule has 0 aliphatic heterocycles. The summed E-state index contributed by atoms with van der Waals surface area (Å²) in [6.07, 6.45) is 0. The Hall–Kier alpha value is -1.44. The van der Waals surface area contributed by atoms with Crippen LogP contribution in [0.2, 0.25) is 0 Å². The first-order valence-electron chi connectivity index (χ1n) is 5.30. The second-order valence-corrected chi connectivity index (χ2v) is 7.67. The number of carbonyl (C=O) groups is 1. The lowest BCUT2D eigenvalue weighted by molar-refractivity contribution is -0.132. The van der Waals surface area contributed by atoms with Crippen LogP contribution in [-0.2, 0) is 13.8 Å². The van der Waals surface area contributed by atoms with Crippen LogP contribution in [0.3, 0.4) is 0 Å². The lowest BCUT2D eigenvalue weighted by atomic mass is 10.2. The molecule has 4 nitrogen and oxygen atoms in total. The Kier molecular flexibility index (Phi) is 4.12. The molecule has 1 aromatic carbocycles. The molecule has 20 heavy (non-hydrogen) atoms. The van der Waals surface area contributed by atoms with Gasteiger partial charge in [0, 0.05) is 22.5 Å². The van der Waals surface area contributed by atoms with Gasteiger partial charge in [-0.1, -0.05) is 0 Å². The number of rotatable bonds is 3. The van der Waals surface area contributed by atoms with Crippen LogP contribution in [0.15, 0.2) is 34.5 Å². The third-order valence-electron chi connectivity index (χ3n) is 2.29. The van der Waals surface area contributed by atoms with Gasteiger partial charge in [-0.15, -0.1) is 11.3 Å². The molecule has 2 aromatic rings. The van der Waals surface area contributed by atoms with Gasteiger partial charge in [0.15, 0.2) is 11.6 Å². The number of hydrogen-bond acceptors (Lipinski definition) is 5. The SMILES string of the molecule is CC(=O)Oc1ccc(-c2ccc(S(=O)(=O)Cl)s2)cc1F. The maximum atomic E-state index is 13.7. The van der Waals surface area contributed by atoms with Crippen molar-refractivity contribution in [2.24, 2.45) is 0 Å². The van der Waals surface area contributed by atoms with E-state index in [1.807, 2.05) is 0 Å². The van der Waals surface area contributed by atoms with Gasteiger partial charge in [0.05, 0.1) is 0 Å². The van der Waals surface area contributed by atoms with E-state index < -0.39 is 20.8 Å². The molecule has 0 bridgehead atoms. The van der Waals surface area contributed by atoms with Gasteiger partial charge >= 0.3 is 5.97 Å². The number of thiophene rings is 1. The third kappa shape index (κ3) is 3.36. The minimum Gasteiger partial charge on any atom is -0.424 e. The summed E-state index contributed by atoms with van der Waals surface area (Å²) in [5.41, 5.74) is 0.468. The molecule has 0 fully saturated rings. The van der Waals surface area contributed by atoms with E-state index in [4.69, 9.17) is 10.7 Å². The van der Waals surface area contributed by atoms with Gasteiger partial charge in [-0.05, 0) is 35.9 Å². The first kappa shape index (κ1) is 15.0. The van der Waals surface area contributed by atoms with Gasteiger partial charge in [0.2, 0.25) is 0 Å². The van der Waals surface area contributed by atoms with Crippen molar-refractivity contribution in [3.05, 3.63) is 36.1 Å². The Bertz CT molecular complexity index is 768. The highest BCUT2D eigenvalue weighted by Gasteiger charge is 2.15. The van der Waals surface area contributed by atoms with Crippen LogP contribution in [-0.4, -0.2) is 14.4 Å². The number of benzene rings is 1. The Morgan fingerprint density at radius 3 is 2.50 bits per heavy atom.